The minimum absolute atomic E-state index is 0.0739. The summed E-state index contributed by atoms with van der Waals surface area (Å²) in [5, 5.41) is 10.7. The number of non-ortho nitro benzene ring substituents is 1. The van der Waals surface area contributed by atoms with E-state index in [0.717, 1.165) is 0 Å². The third kappa shape index (κ3) is 2.72. The molecule has 2 aromatic rings. The molecular weight excluding hydrogens is 304 g/mol. The van der Waals surface area contributed by atoms with Crippen molar-refractivity contribution in [2.24, 2.45) is 0 Å². The Hall–Kier alpha value is -2.22. The van der Waals surface area contributed by atoms with Crippen LogP contribution in [0.5, 0.6) is 11.6 Å². The summed E-state index contributed by atoms with van der Waals surface area (Å²) >= 11 is 3.23. The van der Waals surface area contributed by atoms with Gasteiger partial charge in [0.25, 0.3) is 5.69 Å². The predicted molar refractivity (Wildman–Crippen MR) is 67.3 cm³/mol. The summed E-state index contributed by atoms with van der Waals surface area (Å²) in [5.74, 6) is 0.743. The molecule has 1 aromatic heterocycles. The van der Waals surface area contributed by atoms with Gasteiger partial charge in [-0.25, -0.2) is 9.97 Å². The van der Waals surface area contributed by atoms with Gasteiger partial charge in [0.1, 0.15) is 12.1 Å². The molecule has 0 aliphatic rings. The summed E-state index contributed by atoms with van der Waals surface area (Å²) in [6, 6.07) is 5.61. The smallest absolute Gasteiger partial charge is 0.273 e. The second-order valence-corrected chi connectivity index (χ2v) is 4.11. The van der Waals surface area contributed by atoms with Crippen LogP contribution in [-0.4, -0.2) is 14.9 Å². The average molecular weight is 311 g/mol. The number of nitrogen functional groups attached to an aromatic ring is 1. The number of hydrogen-bond acceptors (Lipinski definition) is 6. The number of anilines is 1. The molecule has 2 rings (SSSR count). The van der Waals surface area contributed by atoms with Crippen LogP contribution in [-0.2, 0) is 0 Å². The first kappa shape index (κ1) is 12.2. The van der Waals surface area contributed by atoms with Gasteiger partial charge in [-0.05, 0) is 22.0 Å². The molecule has 0 fully saturated rings. The Morgan fingerprint density at radius 1 is 1.33 bits per heavy atom. The van der Waals surface area contributed by atoms with Crippen molar-refractivity contribution in [3.05, 3.63) is 45.2 Å². The molecule has 0 saturated heterocycles. The average Bonchev–Trinajstić information content (AvgIpc) is 2.31. The zero-order valence-electron chi connectivity index (χ0n) is 8.91. The lowest BCUT2D eigenvalue weighted by molar-refractivity contribution is -0.384. The zero-order valence-corrected chi connectivity index (χ0v) is 10.5. The van der Waals surface area contributed by atoms with Crippen LogP contribution < -0.4 is 10.5 Å². The molecule has 0 bridgehead atoms. The highest BCUT2D eigenvalue weighted by Gasteiger charge is 2.11. The summed E-state index contributed by atoms with van der Waals surface area (Å²) in [7, 11) is 0. The first-order chi connectivity index (χ1) is 8.56. The van der Waals surface area contributed by atoms with E-state index in [-0.39, 0.29) is 23.1 Å². The molecule has 0 aliphatic carbocycles. The number of nitro benzene ring substituents is 1. The van der Waals surface area contributed by atoms with Gasteiger partial charge in [-0.15, -0.1) is 0 Å². The van der Waals surface area contributed by atoms with E-state index in [1.807, 2.05) is 0 Å². The summed E-state index contributed by atoms with van der Waals surface area (Å²) < 4.78 is 5.97. The molecule has 8 heteroatoms. The quantitative estimate of drug-likeness (QED) is 0.690. The first-order valence-corrected chi connectivity index (χ1v) is 5.55. The molecule has 0 atom stereocenters. The lowest BCUT2D eigenvalue weighted by Crippen LogP contribution is -1.95. The molecule has 92 valence electrons. The predicted octanol–water partition coefficient (Wildman–Crippen LogP) is 2.52. The number of rotatable bonds is 3. The first-order valence-electron chi connectivity index (χ1n) is 4.75. The van der Waals surface area contributed by atoms with Crippen molar-refractivity contribution in [1.29, 1.82) is 0 Å². The SMILES string of the molecule is Nc1cc(Oc2cc([N+](=O)[O-])ccc2Br)ncn1. The number of aromatic nitrogens is 2. The number of halogens is 1. The van der Waals surface area contributed by atoms with Crippen LogP contribution >= 0.6 is 15.9 Å². The van der Waals surface area contributed by atoms with E-state index in [4.69, 9.17) is 10.5 Å². The van der Waals surface area contributed by atoms with Gasteiger partial charge in [-0.3, -0.25) is 10.1 Å². The Bertz CT molecular complexity index is 605. The molecule has 0 unspecified atom stereocenters. The Labute approximate surface area is 110 Å². The second kappa shape index (κ2) is 4.96. The molecule has 0 spiro atoms. The van der Waals surface area contributed by atoms with Crippen molar-refractivity contribution in [2.45, 2.75) is 0 Å². The highest BCUT2D eigenvalue weighted by molar-refractivity contribution is 9.10. The van der Waals surface area contributed by atoms with Crippen LogP contribution in [0.3, 0.4) is 0 Å². The fraction of sp³-hybridized carbons (Fsp3) is 0. The molecule has 0 aliphatic heterocycles. The van der Waals surface area contributed by atoms with Crippen molar-refractivity contribution in [3.8, 4) is 11.6 Å². The third-order valence-electron chi connectivity index (χ3n) is 2.00. The van der Waals surface area contributed by atoms with Crippen LogP contribution in [0.2, 0.25) is 0 Å². The van der Waals surface area contributed by atoms with E-state index in [1.165, 1.54) is 30.6 Å². The van der Waals surface area contributed by atoms with Crippen molar-refractivity contribution >= 4 is 27.4 Å². The van der Waals surface area contributed by atoms with Crippen LogP contribution in [0.15, 0.2) is 35.1 Å². The summed E-state index contributed by atoms with van der Waals surface area (Å²) in [5.41, 5.74) is 5.40. The van der Waals surface area contributed by atoms with Crippen molar-refractivity contribution < 1.29 is 9.66 Å². The number of nitrogens with zero attached hydrogens (tertiary/aromatic N) is 3. The molecule has 0 radical (unpaired) electrons. The zero-order chi connectivity index (χ0) is 13.1. The van der Waals surface area contributed by atoms with Gasteiger partial charge in [0.15, 0.2) is 5.75 Å². The van der Waals surface area contributed by atoms with E-state index in [1.54, 1.807) is 0 Å². The van der Waals surface area contributed by atoms with Gasteiger partial charge < -0.3 is 10.5 Å². The van der Waals surface area contributed by atoms with E-state index in [2.05, 4.69) is 25.9 Å². The minimum Gasteiger partial charge on any atom is -0.437 e. The van der Waals surface area contributed by atoms with Crippen LogP contribution in [0.1, 0.15) is 0 Å². The molecule has 18 heavy (non-hydrogen) atoms. The highest BCUT2D eigenvalue weighted by atomic mass is 79.9. The molecule has 2 N–H and O–H groups in total. The van der Waals surface area contributed by atoms with Crippen LogP contribution in [0, 0.1) is 10.1 Å². The fourth-order valence-corrected chi connectivity index (χ4v) is 1.53. The van der Waals surface area contributed by atoms with Crippen LogP contribution in [0.4, 0.5) is 11.5 Å². The van der Waals surface area contributed by atoms with Gasteiger partial charge in [-0.1, -0.05) is 0 Å². The topological polar surface area (TPSA) is 104 Å². The summed E-state index contributed by atoms with van der Waals surface area (Å²) in [6.07, 6.45) is 1.25. The molecule has 0 saturated carbocycles. The monoisotopic (exact) mass is 310 g/mol. The maximum Gasteiger partial charge on any atom is 0.273 e. The van der Waals surface area contributed by atoms with E-state index in [0.29, 0.717) is 4.47 Å². The van der Waals surface area contributed by atoms with Gasteiger partial charge in [0.05, 0.1) is 15.5 Å². The van der Waals surface area contributed by atoms with Gasteiger partial charge in [0.2, 0.25) is 5.88 Å². The van der Waals surface area contributed by atoms with Gasteiger partial charge >= 0.3 is 0 Å². The Balaban J connectivity index is 2.33. The lowest BCUT2D eigenvalue weighted by Gasteiger charge is -2.06. The van der Waals surface area contributed by atoms with E-state index >= 15 is 0 Å². The normalized spacial score (nSPS) is 10.1. The number of benzene rings is 1. The highest BCUT2D eigenvalue weighted by Crippen LogP contribution is 2.32. The summed E-state index contributed by atoms with van der Waals surface area (Å²) in [6.45, 7) is 0. The third-order valence-corrected chi connectivity index (χ3v) is 2.66. The Morgan fingerprint density at radius 3 is 2.78 bits per heavy atom. The molecular formula is C10H7BrN4O3. The number of ether oxygens (including phenoxy) is 1. The standard InChI is InChI=1S/C10H7BrN4O3/c11-7-2-1-6(15(16)17)3-8(7)18-10-4-9(12)13-5-14-10/h1-5H,(H2,12,13,14). The largest absolute Gasteiger partial charge is 0.437 e. The molecule has 0 amide bonds. The second-order valence-electron chi connectivity index (χ2n) is 3.26. The number of nitro groups is 1. The maximum atomic E-state index is 10.7. The van der Waals surface area contributed by atoms with Gasteiger partial charge in [-0.2, -0.15) is 0 Å². The maximum absolute atomic E-state index is 10.7. The van der Waals surface area contributed by atoms with Crippen molar-refractivity contribution in [3.63, 3.8) is 0 Å². The summed E-state index contributed by atoms with van der Waals surface area (Å²) in [4.78, 5) is 17.7. The number of nitrogens with two attached hydrogens (primary N) is 1. The lowest BCUT2D eigenvalue weighted by atomic mass is 10.3. The fourth-order valence-electron chi connectivity index (χ4n) is 1.21. The number of hydrogen-bond donors (Lipinski definition) is 1. The molecule has 1 heterocycles. The molecule has 7 nitrogen and oxygen atoms in total. The Kier molecular flexibility index (Phi) is 3.38. The molecule has 1 aromatic carbocycles. The van der Waals surface area contributed by atoms with Crippen molar-refractivity contribution in [1.82, 2.24) is 9.97 Å². The van der Waals surface area contributed by atoms with E-state index in [9.17, 15) is 10.1 Å². The van der Waals surface area contributed by atoms with Crippen LogP contribution in [0.25, 0.3) is 0 Å². The Morgan fingerprint density at radius 2 is 2.11 bits per heavy atom. The van der Waals surface area contributed by atoms with E-state index < -0.39 is 4.92 Å². The van der Waals surface area contributed by atoms with Gasteiger partial charge in [0, 0.05) is 12.1 Å². The minimum atomic E-state index is -0.506. The van der Waals surface area contributed by atoms with Crippen molar-refractivity contribution in [2.75, 3.05) is 5.73 Å².